The normalized spacial score (nSPS) is 55.0. The average molecular weight is 809 g/mol. The van der Waals surface area contributed by atoms with Gasteiger partial charge in [-0.2, -0.15) is 0 Å². The van der Waals surface area contributed by atoms with Gasteiger partial charge in [0.1, 0.15) is 54.9 Å². The molecule has 3 aliphatic heterocycles. The van der Waals surface area contributed by atoms with Crippen LogP contribution in [0.3, 0.4) is 0 Å². The summed E-state index contributed by atoms with van der Waals surface area (Å²) in [6.45, 7) is 9.33. The van der Waals surface area contributed by atoms with E-state index in [1.54, 1.807) is 13.8 Å². The van der Waals surface area contributed by atoms with Crippen LogP contribution in [0.1, 0.15) is 98.8 Å². The van der Waals surface area contributed by atoms with Crippen LogP contribution < -0.4 is 0 Å². The third-order valence-corrected chi connectivity index (χ3v) is 18.0. The maximum Gasteiger partial charge on any atom is 0.333 e. The molecule has 15 heteroatoms. The topological polar surface area (TPSA) is 242 Å². The third-order valence-electron chi connectivity index (χ3n) is 18.0. The molecule has 57 heavy (non-hydrogen) atoms. The summed E-state index contributed by atoms with van der Waals surface area (Å²) < 4.78 is 29.9. The van der Waals surface area contributed by atoms with Gasteiger partial charge in [-0.15, -0.1) is 0 Å². The van der Waals surface area contributed by atoms with Gasteiger partial charge in [0.25, 0.3) is 0 Å². The van der Waals surface area contributed by atoms with Crippen molar-refractivity contribution < 1.29 is 74.1 Å². The first-order valence-electron chi connectivity index (χ1n) is 21.2. The number of carboxylic acids is 1. The Morgan fingerprint density at radius 2 is 1.42 bits per heavy atom. The van der Waals surface area contributed by atoms with Crippen LogP contribution in [0.4, 0.5) is 0 Å². The minimum Gasteiger partial charge on any atom is -0.481 e. The van der Waals surface area contributed by atoms with Crippen LogP contribution in [0.25, 0.3) is 0 Å². The van der Waals surface area contributed by atoms with Crippen molar-refractivity contribution in [2.75, 3.05) is 13.2 Å². The van der Waals surface area contributed by atoms with Crippen LogP contribution in [0.2, 0.25) is 0 Å². The number of hydrogen-bond donors (Lipinski definition) is 8. The van der Waals surface area contributed by atoms with Crippen molar-refractivity contribution in [3.63, 3.8) is 0 Å². The number of carbonyl (C=O) groups is 2. The van der Waals surface area contributed by atoms with Crippen molar-refractivity contribution in [2.24, 2.45) is 50.7 Å². The Kier molecular flexibility index (Phi) is 10.6. The molecule has 8 N–H and O–H groups in total. The average Bonchev–Trinajstić information content (AvgIpc) is 3.77. The lowest BCUT2D eigenvalue weighted by molar-refractivity contribution is -0.377. The highest BCUT2D eigenvalue weighted by atomic mass is 16.8. The number of aliphatic hydroxyl groups excluding tert-OH is 7. The summed E-state index contributed by atoms with van der Waals surface area (Å²) in [5.74, 6) is -0.423. The molecule has 15 nitrogen and oxygen atoms in total. The van der Waals surface area contributed by atoms with Gasteiger partial charge < -0.3 is 64.5 Å². The van der Waals surface area contributed by atoms with Gasteiger partial charge in [0.15, 0.2) is 12.6 Å². The van der Waals surface area contributed by atoms with Crippen LogP contribution in [0, 0.1) is 50.7 Å². The second kappa shape index (κ2) is 14.4. The van der Waals surface area contributed by atoms with Crippen LogP contribution in [-0.2, 0) is 33.3 Å². The molecule has 5 aliphatic carbocycles. The monoisotopic (exact) mass is 808 g/mol. The molecule has 2 saturated heterocycles. The summed E-state index contributed by atoms with van der Waals surface area (Å²) in [6, 6.07) is 0. The zero-order valence-electron chi connectivity index (χ0n) is 33.7. The Bertz CT molecular complexity index is 1610. The number of carboxylic acid groups (broad SMARTS) is 1. The van der Waals surface area contributed by atoms with E-state index in [0.29, 0.717) is 30.3 Å². The second-order valence-electron chi connectivity index (χ2n) is 19.8. The molecular formula is C42H64O15. The van der Waals surface area contributed by atoms with Crippen molar-refractivity contribution in [1.82, 2.24) is 0 Å². The molecule has 0 aromatic heterocycles. The molecule has 3 heterocycles. The van der Waals surface area contributed by atoms with Gasteiger partial charge in [-0.05, 0) is 117 Å². The molecule has 8 aliphatic rings. The van der Waals surface area contributed by atoms with Gasteiger partial charge in [0.2, 0.25) is 0 Å². The number of ether oxygens (including phenoxy) is 5. The van der Waals surface area contributed by atoms with E-state index in [-0.39, 0.29) is 45.6 Å². The quantitative estimate of drug-likeness (QED) is 0.121. The summed E-state index contributed by atoms with van der Waals surface area (Å²) in [7, 11) is 0. The summed E-state index contributed by atoms with van der Waals surface area (Å²) in [5, 5.41) is 84.5. The minimum absolute atomic E-state index is 0.000477. The predicted octanol–water partition coefficient (Wildman–Crippen LogP) is 1.40. The molecule has 0 aromatic carbocycles. The first-order chi connectivity index (χ1) is 26.8. The smallest absolute Gasteiger partial charge is 0.333 e. The zero-order valence-corrected chi connectivity index (χ0v) is 33.7. The number of esters is 1. The number of cyclic esters (lactones) is 1. The Balaban J connectivity index is 1.03. The molecule has 0 aromatic rings. The van der Waals surface area contributed by atoms with E-state index >= 15 is 0 Å². The highest BCUT2D eigenvalue weighted by Crippen LogP contribution is 2.89. The van der Waals surface area contributed by atoms with E-state index in [9.17, 15) is 50.4 Å². The molecule has 0 unspecified atom stereocenters. The number of aliphatic carboxylic acids is 1. The summed E-state index contributed by atoms with van der Waals surface area (Å²) in [4.78, 5) is 26.2. The van der Waals surface area contributed by atoms with Crippen molar-refractivity contribution in [3.8, 4) is 0 Å². The summed E-state index contributed by atoms with van der Waals surface area (Å²) in [5.41, 5.74) is -0.827. The second-order valence-corrected chi connectivity index (χ2v) is 19.8. The molecule has 7 fully saturated rings. The fourth-order valence-corrected chi connectivity index (χ4v) is 14.5. The van der Waals surface area contributed by atoms with Gasteiger partial charge in [-0.3, -0.25) is 4.79 Å². The lowest BCUT2D eigenvalue weighted by Gasteiger charge is -2.63. The molecule has 322 valence electrons. The van der Waals surface area contributed by atoms with E-state index in [2.05, 4.69) is 20.8 Å². The SMILES string of the molecule is CC1=CC[C@@H]([C@@H](C)[C@H]2CC[C@@]3(C)[C@@H]4CC[C@H]5[C@](C)(C(=O)O)[C@@H](O[C@@H]6O[C@H](CO)[C@@H](O)[C@H](O)[C@H]6O[C@@H]6O[C@H](CO)[C@@H](O)[C@H](O)[C@H]6O)CC[C@@]56C[C@@]46CC[C@]23C)OC1=O. The minimum atomic E-state index is -1.83. The third kappa shape index (κ3) is 5.84. The van der Waals surface area contributed by atoms with E-state index in [4.69, 9.17) is 23.7 Å². The van der Waals surface area contributed by atoms with Crippen LogP contribution in [-0.4, -0.2) is 140 Å². The Morgan fingerprint density at radius 1 is 0.789 bits per heavy atom. The summed E-state index contributed by atoms with van der Waals surface area (Å²) in [6.07, 6.45) is -6.63. The first kappa shape index (κ1) is 42.0. The maximum absolute atomic E-state index is 13.7. The van der Waals surface area contributed by atoms with Crippen LogP contribution >= 0.6 is 0 Å². The van der Waals surface area contributed by atoms with Crippen molar-refractivity contribution in [2.45, 2.75) is 172 Å². The van der Waals surface area contributed by atoms with Gasteiger partial charge >= 0.3 is 11.9 Å². The van der Waals surface area contributed by atoms with E-state index in [0.717, 1.165) is 51.4 Å². The summed E-state index contributed by atoms with van der Waals surface area (Å²) >= 11 is 0. The maximum atomic E-state index is 13.7. The van der Waals surface area contributed by atoms with E-state index in [1.165, 1.54) is 0 Å². The Hall–Kier alpha value is -1.76. The molecule has 2 spiro atoms. The largest absolute Gasteiger partial charge is 0.481 e. The van der Waals surface area contributed by atoms with E-state index in [1.807, 2.05) is 6.08 Å². The predicted molar refractivity (Wildman–Crippen MR) is 198 cm³/mol. The number of fused-ring (bicyclic) bond motifs is 2. The lowest BCUT2D eigenvalue weighted by Crippen LogP contribution is -2.66. The zero-order chi connectivity index (χ0) is 41.2. The highest BCUT2D eigenvalue weighted by molar-refractivity contribution is 5.88. The first-order valence-corrected chi connectivity index (χ1v) is 21.2. The van der Waals surface area contributed by atoms with Crippen molar-refractivity contribution in [1.29, 1.82) is 0 Å². The van der Waals surface area contributed by atoms with Crippen LogP contribution in [0.15, 0.2) is 11.6 Å². The highest BCUT2D eigenvalue weighted by Gasteiger charge is 2.83. The Morgan fingerprint density at radius 3 is 2.07 bits per heavy atom. The van der Waals surface area contributed by atoms with Crippen molar-refractivity contribution in [3.05, 3.63) is 11.6 Å². The molecule has 0 bridgehead atoms. The van der Waals surface area contributed by atoms with Gasteiger partial charge in [-0.25, -0.2) is 4.79 Å². The molecule has 8 rings (SSSR count). The fourth-order valence-electron chi connectivity index (χ4n) is 14.5. The van der Waals surface area contributed by atoms with Gasteiger partial charge in [0.05, 0.1) is 24.7 Å². The number of carbonyl (C=O) groups excluding carboxylic acids is 1. The van der Waals surface area contributed by atoms with E-state index < -0.39 is 92.1 Å². The number of hydrogen-bond acceptors (Lipinski definition) is 14. The van der Waals surface area contributed by atoms with Gasteiger partial charge in [0, 0.05) is 12.0 Å². The standard InChI is InChI=1S/C42H64O15/c1-19-6-7-22(53-34(19)50)20(2)21-10-12-39(4)25-8-9-26-40(5,37(51)52)27(11-13-41(26)18-42(25,41)15-14-38(21,39)3)56-36-33(31(48)29(46)24(17-44)55-36)57-35-32(49)30(47)28(45)23(16-43)54-35/h6,20-33,35-36,43-49H,7-18H2,1-5H3,(H,51,52)/t20-,21+,22-,23+,24+,25-,26-,27-,28+,29+,30-,31-,32+,33+,35-,36-,38+,39-,40-,41+,42-/m0/s1. The molecule has 0 amide bonds. The van der Waals surface area contributed by atoms with Gasteiger partial charge in [-0.1, -0.05) is 26.8 Å². The Labute approximate surface area is 333 Å². The molecule has 21 atom stereocenters. The fraction of sp³-hybridized carbons (Fsp3) is 0.905. The van der Waals surface area contributed by atoms with Crippen molar-refractivity contribution >= 4 is 11.9 Å². The lowest BCUT2D eigenvalue weighted by atomic mass is 9.41. The number of rotatable bonds is 9. The number of aliphatic hydroxyl groups is 7. The molecule has 5 saturated carbocycles. The molecular weight excluding hydrogens is 744 g/mol. The molecule has 0 radical (unpaired) electrons. The van der Waals surface area contributed by atoms with Crippen LogP contribution in [0.5, 0.6) is 0 Å².